The van der Waals surface area contributed by atoms with Gasteiger partial charge in [0, 0.05) is 11.6 Å². The third kappa shape index (κ3) is 2.57. The van der Waals surface area contributed by atoms with Crippen molar-refractivity contribution in [2.45, 2.75) is 45.4 Å². The van der Waals surface area contributed by atoms with Crippen LogP contribution in [-0.4, -0.2) is 16.5 Å². The summed E-state index contributed by atoms with van der Waals surface area (Å²) in [6.07, 6.45) is 4.54. The molecule has 17 heavy (non-hydrogen) atoms. The van der Waals surface area contributed by atoms with E-state index in [0.717, 1.165) is 49.2 Å². The second-order valence-corrected chi connectivity index (χ2v) is 5.13. The van der Waals surface area contributed by atoms with Gasteiger partial charge in [-0.25, -0.2) is 4.79 Å². The van der Waals surface area contributed by atoms with E-state index in [4.69, 9.17) is 5.73 Å². The summed E-state index contributed by atoms with van der Waals surface area (Å²) in [5.41, 5.74) is 8.56. The standard InChI is InChI=1S/C13H21N3O/c1-8-9(2)15-13(17)16-12(8)11-5-3-10(7-14)4-6-11/h10-11H,3-7,14H2,1-2H3,(H,15,16,17). The minimum absolute atomic E-state index is 0.218. The molecule has 1 fully saturated rings. The zero-order chi connectivity index (χ0) is 12.4. The molecule has 94 valence electrons. The number of aromatic amines is 1. The average Bonchev–Trinajstić information content (AvgIpc) is 2.34. The minimum atomic E-state index is -0.218. The molecule has 0 amide bonds. The van der Waals surface area contributed by atoms with Crippen LogP contribution in [0.1, 0.15) is 48.6 Å². The van der Waals surface area contributed by atoms with Gasteiger partial charge in [-0.1, -0.05) is 0 Å². The molecule has 4 nitrogen and oxygen atoms in total. The first kappa shape index (κ1) is 12.3. The Labute approximate surface area is 102 Å². The molecule has 3 N–H and O–H groups in total. The SMILES string of the molecule is Cc1[nH]c(=O)nc(C2CCC(CN)CC2)c1C. The van der Waals surface area contributed by atoms with Crippen molar-refractivity contribution in [2.24, 2.45) is 11.7 Å². The third-order valence-corrected chi connectivity index (χ3v) is 4.03. The van der Waals surface area contributed by atoms with E-state index in [-0.39, 0.29) is 5.69 Å². The lowest BCUT2D eigenvalue weighted by Crippen LogP contribution is -2.24. The Hall–Kier alpha value is -1.16. The molecule has 0 bridgehead atoms. The van der Waals surface area contributed by atoms with Crippen molar-refractivity contribution in [1.29, 1.82) is 0 Å². The van der Waals surface area contributed by atoms with Crippen LogP contribution in [0.4, 0.5) is 0 Å². The van der Waals surface area contributed by atoms with E-state index in [9.17, 15) is 4.79 Å². The monoisotopic (exact) mass is 235 g/mol. The summed E-state index contributed by atoms with van der Waals surface area (Å²) in [7, 11) is 0. The quantitative estimate of drug-likeness (QED) is 0.818. The zero-order valence-electron chi connectivity index (χ0n) is 10.6. The van der Waals surface area contributed by atoms with Crippen LogP contribution in [0.5, 0.6) is 0 Å². The Kier molecular flexibility index (Phi) is 3.62. The van der Waals surface area contributed by atoms with E-state index in [1.165, 1.54) is 0 Å². The first-order valence-corrected chi connectivity index (χ1v) is 6.39. The van der Waals surface area contributed by atoms with Crippen molar-refractivity contribution < 1.29 is 0 Å². The van der Waals surface area contributed by atoms with E-state index < -0.39 is 0 Å². The lowest BCUT2D eigenvalue weighted by atomic mass is 9.79. The van der Waals surface area contributed by atoms with Gasteiger partial charge in [-0.15, -0.1) is 0 Å². The molecule has 0 spiro atoms. The highest BCUT2D eigenvalue weighted by Crippen LogP contribution is 2.35. The molecule has 0 aromatic carbocycles. The van der Waals surface area contributed by atoms with Crippen molar-refractivity contribution in [3.63, 3.8) is 0 Å². The molecular formula is C13H21N3O. The molecule has 0 atom stereocenters. The number of nitrogens with zero attached hydrogens (tertiary/aromatic N) is 1. The minimum Gasteiger partial charge on any atom is -0.330 e. The Morgan fingerprint density at radius 3 is 2.53 bits per heavy atom. The molecule has 0 saturated heterocycles. The van der Waals surface area contributed by atoms with E-state index >= 15 is 0 Å². The maximum absolute atomic E-state index is 11.4. The molecule has 1 heterocycles. The van der Waals surface area contributed by atoms with Gasteiger partial charge in [0.2, 0.25) is 0 Å². The highest BCUT2D eigenvalue weighted by molar-refractivity contribution is 5.25. The Morgan fingerprint density at radius 1 is 1.29 bits per heavy atom. The van der Waals surface area contributed by atoms with Crippen molar-refractivity contribution >= 4 is 0 Å². The zero-order valence-corrected chi connectivity index (χ0v) is 10.6. The van der Waals surface area contributed by atoms with Crippen molar-refractivity contribution in [3.8, 4) is 0 Å². The van der Waals surface area contributed by atoms with Crippen LogP contribution in [0.2, 0.25) is 0 Å². The van der Waals surface area contributed by atoms with Crippen LogP contribution in [0.15, 0.2) is 4.79 Å². The summed E-state index contributed by atoms with van der Waals surface area (Å²) in [5.74, 6) is 1.11. The number of nitrogens with one attached hydrogen (secondary N) is 1. The van der Waals surface area contributed by atoms with Gasteiger partial charge in [0.25, 0.3) is 0 Å². The van der Waals surface area contributed by atoms with Crippen molar-refractivity contribution in [3.05, 3.63) is 27.4 Å². The predicted octanol–water partition coefficient (Wildman–Crippen LogP) is 1.62. The lowest BCUT2D eigenvalue weighted by Gasteiger charge is -2.28. The van der Waals surface area contributed by atoms with Crippen LogP contribution in [-0.2, 0) is 0 Å². The summed E-state index contributed by atoms with van der Waals surface area (Å²) in [4.78, 5) is 18.4. The first-order chi connectivity index (χ1) is 8.11. The van der Waals surface area contributed by atoms with Crippen LogP contribution in [0, 0.1) is 19.8 Å². The lowest BCUT2D eigenvalue weighted by molar-refractivity contribution is 0.328. The maximum atomic E-state index is 11.4. The summed E-state index contributed by atoms with van der Waals surface area (Å²) < 4.78 is 0. The molecule has 1 aliphatic carbocycles. The van der Waals surface area contributed by atoms with Crippen LogP contribution >= 0.6 is 0 Å². The van der Waals surface area contributed by atoms with Gasteiger partial charge in [-0.05, 0) is 57.6 Å². The molecule has 1 aliphatic rings. The first-order valence-electron chi connectivity index (χ1n) is 6.39. The van der Waals surface area contributed by atoms with Gasteiger partial charge < -0.3 is 10.7 Å². The van der Waals surface area contributed by atoms with E-state index in [2.05, 4.69) is 9.97 Å². The topological polar surface area (TPSA) is 71.8 Å². The molecule has 2 rings (SSSR count). The summed E-state index contributed by atoms with van der Waals surface area (Å²) in [5, 5.41) is 0. The van der Waals surface area contributed by atoms with Gasteiger partial charge in [0.1, 0.15) is 0 Å². The number of hydrogen-bond donors (Lipinski definition) is 2. The molecule has 1 saturated carbocycles. The molecule has 0 aliphatic heterocycles. The third-order valence-electron chi connectivity index (χ3n) is 4.03. The summed E-state index contributed by atoms with van der Waals surface area (Å²) in [6.45, 7) is 4.77. The molecular weight excluding hydrogens is 214 g/mol. The van der Waals surface area contributed by atoms with Crippen LogP contribution in [0.3, 0.4) is 0 Å². The highest BCUT2D eigenvalue weighted by Gasteiger charge is 2.24. The second-order valence-electron chi connectivity index (χ2n) is 5.13. The number of aromatic nitrogens is 2. The number of rotatable bonds is 2. The Bertz CT molecular complexity index is 444. The number of nitrogens with two attached hydrogens (primary N) is 1. The smallest absolute Gasteiger partial charge is 0.330 e. The summed E-state index contributed by atoms with van der Waals surface area (Å²) in [6, 6.07) is 0. The van der Waals surface area contributed by atoms with Gasteiger partial charge in [0.05, 0.1) is 5.69 Å². The van der Waals surface area contributed by atoms with Gasteiger partial charge in [-0.2, -0.15) is 4.98 Å². The van der Waals surface area contributed by atoms with Gasteiger partial charge in [-0.3, -0.25) is 0 Å². The number of H-pyrrole nitrogens is 1. The normalized spacial score (nSPS) is 24.9. The Balaban J connectivity index is 2.21. The Morgan fingerprint density at radius 2 is 1.94 bits per heavy atom. The molecule has 0 radical (unpaired) electrons. The predicted molar refractivity (Wildman–Crippen MR) is 68.1 cm³/mol. The van der Waals surface area contributed by atoms with Gasteiger partial charge in [0.15, 0.2) is 0 Å². The fourth-order valence-corrected chi connectivity index (χ4v) is 2.74. The van der Waals surface area contributed by atoms with Crippen molar-refractivity contribution in [2.75, 3.05) is 6.54 Å². The van der Waals surface area contributed by atoms with E-state index in [0.29, 0.717) is 11.8 Å². The number of aryl methyl sites for hydroxylation is 1. The molecule has 0 unspecified atom stereocenters. The van der Waals surface area contributed by atoms with Crippen LogP contribution in [0.25, 0.3) is 0 Å². The number of hydrogen-bond acceptors (Lipinski definition) is 3. The van der Waals surface area contributed by atoms with E-state index in [1.54, 1.807) is 0 Å². The largest absolute Gasteiger partial charge is 0.345 e. The fraction of sp³-hybridized carbons (Fsp3) is 0.692. The summed E-state index contributed by atoms with van der Waals surface area (Å²) >= 11 is 0. The molecule has 1 aromatic heterocycles. The highest BCUT2D eigenvalue weighted by atomic mass is 16.1. The van der Waals surface area contributed by atoms with E-state index in [1.807, 2.05) is 13.8 Å². The molecule has 1 aromatic rings. The average molecular weight is 235 g/mol. The van der Waals surface area contributed by atoms with Crippen molar-refractivity contribution in [1.82, 2.24) is 9.97 Å². The molecule has 4 heteroatoms. The van der Waals surface area contributed by atoms with Crippen LogP contribution < -0.4 is 11.4 Å². The maximum Gasteiger partial charge on any atom is 0.345 e. The van der Waals surface area contributed by atoms with Gasteiger partial charge >= 0.3 is 5.69 Å². The fourth-order valence-electron chi connectivity index (χ4n) is 2.74. The second kappa shape index (κ2) is 5.00.